The summed E-state index contributed by atoms with van der Waals surface area (Å²) < 4.78 is 35.3. The average molecular weight is 402 g/mol. The molecule has 11 nitrogen and oxygen atoms in total. The van der Waals surface area contributed by atoms with Crippen LogP contribution < -0.4 is 0 Å². The van der Waals surface area contributed by atoms with Gasteiger partial charge >= 0.3 is 11.9 Å². The highest BCUT2D eigenvalue weighted by Gasteiger charge is 2.34. The number of hydrogen-bond acceptors (Lipinski definition) is 9. The number of ketones is 1. The molecule has 148 valence electrons. The summed E-state index contributed by atoms with van der Waals surface area (Å²) in [6.45, 7) is 0.160. The van der Waals surface area contributed by atoms with E-state index in [0.717, 1.165) is 19.1 Å². The van der Waals surface area contributed by atoms with Crippen LogP contribution in [-0.2, 0) is 33.9 Å². The van der Waals surface area contributed by atoms with Crippen LogP contribution >= 0.6 is 0 Å². The Bertz CT molecular complexity index is 835. The highest BCUT2D eigenvalue weighted by Crippen LogP contribution is 2.26. The maximum Gasteiger partial charge on any atom is 0.321 e. The van der Waals surface area contributed by atoms with Crippen LogP contribution in [-0.4, -0.2) is 61.7 Å². The number of ether oxygens (including phenoxy) is 2. The van der Waals surface area contributed by atoms with Crippen LogP contribution in [0.2, 0.25) is 0 Å². The van der Waals surface area contributed by atoms with Crippen LogP contribution in [0.1, 0.15) is 13.8 Å². The van der Waals surface area contributed by atoms with Gasteiger partial charge in [0.25, 0.3) is 15.7 Å². The molecule has 0 N–H and O–H groups in total. The first-order valence-electron chi connectivity index (χ1n) is 7.63. The molecule has 0 amide bonds. The van der Waals surface area contributed by atoms with E-state index in [1.165, 1.54) is 19.1 Å². The topological polar surface area (TPSA) is 150 Å². The van der Waals surface area contributed by atoms with Crippen LogP contribution in [0.15, 0.2) is 29.2 Å². The van der Waals surface area contributed by atoms with Gasteiger partial charge in [0.05, 0.1) is 18.1 Å². The minimum atomic E-state index is -4.59. The predicted octanol–water partition coefficient (Wildman–Crippen LogP) is 0.281. The van der Waals surface area contributed by atoms with Crippen molar-refractivity contribution in [3.05, 3.63) is 34.4 Å². The maximum atomic E-state index is 12.8. The van der Waals surface area contributed by atoms with Crippen LogP contribution in [0, 0.1) is 10.1 Å². The molecule has 12 heteroatoms. The third kappa shape index (κ3) is 6.42. The van der Waals surface area contributed by atoms with Gasteiger partial charge in [0.2, 0.25) is 0 Å². The van der Waals surface area contributed by atoms with Gasteiger partial charge in [-0.25, -0.2) is 8.42 Å². The molecule has 27 heavy (non-hydrogen) atoms. The minimum absolute atomic E-state index is 0.0282. The van der Waals surface area contributed by atoms with Gasteiger partial charge in [0.1, 0.15) is 6.54 Å². The molecule has 0 aliphatic heterocycles. The van der Waals surface area contributed by atoms with Crippen molar-refractivity contribution in [1.82, 2.24) is 4.31 Å². The number of nitrogens with zero attached hydrogens (tertiary/aromatic N) is 2. The molecule has 0 unspecified atom stereocenters. The standard InChI is InChI=1S/C15H18N2O9S/c1-3-25-15(20)9-16(8-12(19)10-26-11(2)18)27(23,24)14-7-5-4-6-13(14)17(21)22/h4-7H,3,8-10H2,1-2H3. The smallest absolute Gasteiger partial charge is 0.321 e. The quantitative estimate of drug-likeness (QED) is 0.305. The first kappa shape index (κ1) is 22.2. The Morgan fingerprint density at radius 2 is 1.78 bits per heavy atom. The number of hydrogen-bond donors (Lipinski definition) is 0. The summed E-state index contributed by atoms with van der Waals surface area (Å²) in [6, 6.07) is 4.51. The van der Waals surface area contributed by atoms with E-state index in [1.807, 2.05) is 0 Å². The zero-order valence-corrected chi connectivity index (χ0v) is 15.4. The Balaban J connectivity index is 3.23. The SMILES string of the molecule is CCOC(=O)CN(CC(=O)COC(C)=O)S(=O)(=O)c1ccccc1[N+](=O)[O-]. The zero-order valence-electron chi connectivity index (χ0n) is 14.6. The number of carbonyl (C=O) groups excluding carboxylic acids is 3. The predicted molar refractivity (Wildman–Crippen MR) is 90.1 cm³/mol. The molecule has 0 atom stereocenters. The molecular formula is C15H18N2O9S. The largest absolute Gasteiger partial charge is 0.465 e. The number of nitro benzene ring substituents is 1. The minimum Gasteiger partial charge on any atom is -0.465 e. The van der Waals surface area contributed by atoms with Crippen molar-refractivity contribution < 1.29 is 37.2 Å². The molecule has 0 heterocycles. The van der Waals surface area contributed by atoms with Crippen molar-refractivity contribution in [3.8, 4) is 0 Å². The maximum absolute atomic E-state index is 12.8. The summed E-state index contributed by atoms with van der Waals surface area (Å²) in [5, 5.41) is 11.1. The summed E-state index contributed by atoms with van der Waals surface area (Å²) >= 11 is 0. The van der Waals surface area contributed by atoms with Crippen LogP contribution in [0.3, 0.4) is 0 Å². The van der Waals surface area contributed by atoms with Gasteiger partial charge in [0.15, 0.2) is 17.3 Å². The van der Waals surface area contributed by atoms with E-state index in [9.17, 15) is 32.9 Å². The molecule has 0 spiro atoms. The van der Waals surface area contributed by atoms with Crippen LogP contribution in [0.25, 0.3) is 0 Å². The van der Waals surface area contributed by atoms with Gasteiger partial charge in [-0.2, -0.15) is 4.31 Å². The van der Waals surface area contributed by atoms with Gasteiger partial charge in [-0.1, -0.05) is 12.1 Å². The van der Waals surface area contributed by atoms with Gasteiger partial charge in [-0.3, -0.25) is 24.5 Å². The lowest BCUT2D eigenvalue weighted by Crippen LogP contribution is -2.41. The van der Waals surface area contributed by atoms with E-state index in [4.69, 9.17) is 0 Å². The Labute approximate surface area is 155 Å². The van der Waals surface area contributed by atoms with Crippen molar-refractivity contribution in [3.63, 3.8) is 0 Å². The molecule has 0 radical (unpaired) electrons. The number of esters is 2. The van der Waals surface area contributed by atoms with Gasteiger partial charge in [0, 0.05) is 13.0 Å². The van der Waals surface area contributed by atoms with Crippen molar-refractivity contribution in [2.24, 2.45) is 0 Å². The van der Waals surface area contributed by atoms with Gasteiger partial charge in [-0.15, -0.1) is 0 Å². The van der Waals surface area contributed by atoms with Crippen LogP contribution in [0.4, 0.5) is 5.69 Å². The second kappa shape index (κ2) is 9.73. The number of benzene rings is 1. The van der Waals surface area contributed by atoms with Crippen molar-refractivity contribution in [1.29, 1.82) is 0 Å². The van der Waals surface area contributed by atoms with E-state index >= 15 is 0 Å². The lowest BCUT2D eigenvalue weighted by molar-refractivity contribution is -0.387. The number of para-hydroxylation sites is 1. The van der Waals surface area contributed by atoms with Gasteiger partial charge < -0.3 is 9.47 Å². The van der Waals surface area contributed by atoms with Crippen molar-refractivity contribution in [2.75, 3.05) is 26.3 Å². The van der Waals surface area contributed by atoms with Crippen molar-refractivity contribution in [2.45, 2.75) is 18.7 Å². The molecule has 0 aromatic heterocycles. The second-order valence-corrected chi connectivity index (χ2v) is 7.03. The number of nitro groups is 1. The van der Waals surface area contributed by atoms with Crippen molar-refractivity contribution >= 4 is 33.4 Å². The fourth-order valence-corrected chi connectivity index (χ4v) is 3.49. The van der Waals surface area contributed by atoms with Crippen LogP contribution in [0.5, 0.6) is 0 Å². The number of Topliss-reactive ketones (excluding diaryl/α,β-unsaturated/α-hetero) is 1. The Kier molecular flexibility index (Phi) is 7.99. The highest BCUT2D eigenvalue weighted by atomic mass is 32.2. The molecule has 1 rings (SSSR count). The molecule has 0 fully saturated rings. The molecule has 0 bridgehead atoms. The molecule has 0 aliphatic rings. The first-order valence-corrected chi connectivity index (χ1v) is 9.07. The zero-order chi connectivity index (χ0) is 20.6. The summed E-state index contributed by atoms with van der Waals surface area (Å²) in [5.74, 6) is -2.52. The number of carbonyl (C=O) groups is 3. The lowest BCUT2D eigenvalue weighted by atomic mass is 10.3. The Morgan fingerprint density at radius 1 is 1.15 bits per heavy atom. The number of rotatable bonds is 10. The Morgan fingerprint density at radius 3 is 2.33 bits per heavy atom. The van der Waals surface area contributed by atoms with E-state index in [0.29, 0.717) is 4.31 Å². The summed E-state index contributed by atoms with van der Waals surface area (Å²) in [5.41, 5.74) is -0.709. The third-order valence-corrected chi connectivity index (χ3v) is 4.92. The summed E-state index contributed by atoms with van der Waals surface area (Å²) in [6.07, 6.45) is 0. The van der Waals surface area contributed by atoms with E-state index in [2.05, 4.69) is 9.47 Å². The second-order valence-electron chi connectivity index (χ2n) is 5.12. The fraction of sp³-hybridized carbons (Fsp3) is 0.400. The molecule has 1 aromatic rings. The Hall–Kier alpha value is -2.86. The number of sulfonamides is 1. The fourth-order valence-electron chi connectivity index (χ4n) is 1.97. The monoisotopic (exact) mass is 402 g/mol. The first-order chi connectivity index (χ1) is 12.6. The molecule has 1 aromatic carbocycles. The highest BCUT2D eigenvalue weighted by molar-refractivity contribution is 7.89. The van der Waals surface area contributed by atoms with E-state index in [1.54, 1.807) is 0 Å². The normalized spacial score (nSPS) is 11.1. The van der Waals surface area contributed by atoms with Gasteiger partial charge in [-0.05, 0) is 13.0 Å². The van der Waals surface area contributed by atoms with E-state index in [-0.39, 0.29) is 6.61 Å². The molecule has 0 saturated heterocycles. The summed E-state index contributed by atoms with van der Waals surface area (Å²) in [7, 11) is -4.59. The lowest BCUT2D eigenvalue weighted by Gasteiger charge is -2.20. The third-order valence-electron chi connectivity index (χ3n) is 3.08. The van der Waals surface area contributed by atoms with E-state index < -0.39 is 62.9 Å². The molecule has 0 saturated carbocycles. The summed E-state index contributed by atoms with van der Waals surface area (Å²) in [4.78, 5) is 44.0. The molecular weight excluding hydrogens is 384 g/mol. The average Bonchev–Trinajstić information content (AvgIpc) is 2.59. The molecule has 0 aliphatic carbocycles.